The first kappa shape index (κ1) is 19.5. The predicted molar refractivity (Wildman–Crippen MR) is 104 cm³/mol. The van der Waals surface area contributed by atoms with E-state index < -0.39 is 11.0 Å². The van der Waals surface area contributed by atoms with Crippen molar-refractivity contribution in [1.29, 1.82) is 0 Å². The molecule has 1 N–H and O–H groups in total. The number of hydrogen-bond acceptors (Lipinski definition) is 2. The summed E-state index contributed by atoms with van der Waals surface area (Å²) < 4.78 is 15.9. The molecule has 134 valence electrons. The number of benzene rings is 2. The monoisotopic (exact) mass is 357 g/mol. The average Bonchev–Trinajstić information content (AvgIpc) is 2.64. The van der Waals surface area contributed by atoms with Crippen molar-refractivity contribution in [3.05, 3.63) is 65.7 Å². The van der Waals surface area contributed by atoms with Gasteiger partial charge in [0, 0.05) is 12.3 Å². The number of carbonyl (C=O) groups excluding carboxylic acids is 1. The number of Topliss-reactive ketones (excluding diaryl/α,β-unsaturated/α-hetero) is 1. The number of nitrogens with one attached hydrogen (secondary N) is 1. The van der Waals surface area contributed by atoms with Crippen LogP contribution in [0.4, 0.5) is 0 Å². The molecule has 0 amide bonds. The molecular formula is C21H27NO2S. The summed E-state index contributed by atoms with van der Waals surface area (Å²) in [6.07, 6.45) is 2.46. The SMILES string of the molecule is CCCCC(=O)[C@@H](C)[C@@H](N[S@@](=O)c1ccc(C)cc1)c1ccccc1. The van der Waals surface area contributed by atoms with Crippen molar-refractivity contribution >= 4 is 16.8 Å². The maximum absolute atomic E-state index is 12.8. The molecule has 4 heteroatoms. The smallest absolute Gasteiger partial charge is 0.137 e. The largest absolute Gasteiger partial charge is 0.299 e. The molecular weight excluding hydrogens is 330 g/mol. The van der Waals surface area contributed by atoms with Crippen LogP contribution in [0.5, 0.6) is 0 Å². The van der Waals surface area contributed by atoms with E-state index in [4.69, 9.17) is 0 Å². The van der Waals surface area contributed by atoms with Crippen LogP contribution in [0, 0.1) is 12.8 Å². The zero-order valence-electron chi connectivity index (χ0n) is 15.2. The fourth-order valence-electron chi connectivity index (χ4n) is 2.73. The molecule has 0 saturated carbocycles. The molecule has 0 aliphatic rings. The van der Waals surface area contributed by atoms with Crippen LogP contribution in [0.15, 0.2) is 59.5 Å². The average molecular weight is 358 g/mol. The second kappa shape index (κ2) is 9.64. The van der Waals surface area contributed by atoms with Gasteiger partial charge in [-0.05, 0) is 31.0 Å². The molecule has 0 spiro atoms. The van der Waals surface area contributed by atoms with E-state index in [0.717, 1.165) is 28.9 Å². The van der Waals surface area contributed by atoms with Gasteiger partial charge in [-0.15, -0.1) is 0 Å². The Morgan fingerprint density at radius 2 is 1.72 bits per heavy atom. The van der Waals surface area contributed by atoms with Gasteiger partial charge in [0.15, 0.2) is 0 Å². The molecule has 2 aromatic carbocycles. The van der Waals surface area contributed by atoms with Crippen molar-refractivity contribution in [2.75, 3.05) is 0 Å². The van der Waals surface area contributed by atoms with Crippen molar-refractivity contribution in [1.82, 2.24) is 4.72 Å². The summed E-state index contributed by atoms with van der Waals surface area (Å²) in [7, 11) is -1.37. The Kier molecular flexibility index (Phi) is 7.53. The molecule has 3 atom stereocenters. The predicted octanol–water partition coefficient (Wildman–Crippen LogP) is 4.74. The zero-order valence-corrected chi connectivity index (χ0v) is 16.0. The molecule has 2 aromatic rings. The van der Waals surface area contributed by atoms with Crippen LogP contribution >= 0.6 is 0 Å². The van der Waals surface area contributed by atoms with Crippen molar-refractivity contribution in [2.45, 2.75) is 51.0 Å². The number of carbonyl (C=O) groups is 1. The quantitative estimate of drug-likeness (QED) is 0.704. The van der Waals surface area contributed by atoms with Gasteiger partial charge in [-0.1, -0.05) is 68.3 Å². The van der Waals surface area contributed by atoms with Crippen molar-refractivity contribution in [2.24, 2.45) is 5.92 Å². The van der Waals surface area contributed by atoms with Crippen LogP contribution in [0.2, 0.25) is 0 Å². The van der Waals surface area contributed by atoms with E-state index in [-0.39, 0.29) is 17.7 Å². The van der Waals surface area contributed by atoms with Crippen LogP contribution in [0.3, 0.4) is 0 Å². The molecule has 0 aliphatic heterocycles. The normalized spacial score (nSPS) is 14.7. The van der Waals surface area contributed by atoms with Gasteiger partial charge in [0.05, 0.1) is 10.9 Å². The highest BCUT2D eigenvalue weighted by atomic mass is 32.2. The van der Waals surface area contributed by atoms with E-state index >= 15 is 0 Å². The molecule has 0 unspecified atom stereocenters. The zero-order chi connectivity index (χ0) is 18.2. The van der Waals surface area contributed by atoms with Gasteiger partial charge in [-0.25, -0.2) is 8.93 Å². The molecule has 0 heterocycles. The van der Waals surface area contributed by atoms with E-state index in [0.29, 0.717) is 6.42 Å². The Labute approximate surface area is 153 Å². The summed E-state index contributed by atoms with van der Waals surface area (Å²) in [5.41, 5.74) is 2.11. The number of ketones is 1. The van der Waals surface area contributed by atoms with Crippen LogP contribution in [-0.4, -0.2) is 9.99 Å². The highest BCUT2D eigenvalue weighted by molar-refractivity contribution is 7.83. The lowest BCUT2D eigenvalue weighted by Crippen LogP contribution is -2.32. The van der Waals surface area contributed by atoms with E-state index in [1.54, 1.807) is 0 Å². The van der Waals surface area contributed by atoms with Crippen LogP contribution in [0.25, 0.3) is 0 Å². The van der Waals surface area contributed by atoms with Crippen molar-refractivity contribution in [3.63, 3.8) is 0 Å². The number of aryl methyl sites for hydroxylation is 1. The topological polar surface area (TPSA) is 46.2 Å². The summed E-state index contributed by atoms with van der Waals surface area (Å²) in [4.78, 5) is 13.3. The molecule has 0 aromatic heterocycles. The van der Waals surface area contributed by atoms with E-state index in [9.17, 15) is 9.00 Å². The summed E-state index contributed by atoms with van der Waals surface area (Å²) in [5, 5.41) is 0. The Morgan fingerprint density at radius 3 is 2.32 bits per heavy atom. The molecule has 0 bridgehead atoms. The third-order valence-electron chi connectivity index (χ3n) is 4.41. The summed E-state index contributed by atoms with van der Waals surface area (Å²) in [6, 6.07) is 17.2. The molecule has 0 aliphatic carbocycles. The van der Waals surface area contributed by atoms with Gasteiger partial charge in [0.2, 0.25) is 0 Å². The molecule has 3 nitrogen and oxygen atoms in total. The first-order valence-electron chi connectivity index (χ1n) is 8.85. The molecule has 0 radical (unpaired) electrons. The fourth-order valence-corrected chi connectivity index (χ4v) is 3.82. The first-order valence-corrected chi connectivity index (χ1v) is 10.00. The third-order valence-corrected chi connectivity index (χ3v) is 5.58. The number of rotatable bonds is 9. The lowest BCUT2D eigenvalue weighted by Gasteiger charge is -2.24. The third kappa shape index (κ3) is 5.62. The van der Waals surface area contributed by atoms with Gasteiger partial charge >= 0.3 is 0 Å². The van der Waals surface area contributed by atoms with E-state index in [1.165, 1.54) is 0 Å². The van der Waals surface area contributed by atoms with Gasteiger partial charge in [0.1, 0.15) is 16.8 Å². The minimum absolute atomic E-state index is 0.212. The maximum Gasteiger partial charge on any atom is 0.137 e. The highest BCUT2D eigenvalue weighted by Crippen LogP contribution is 2.25. The van der Waals surface area contributed by atoms with Crippen LogP contribution in [0.1, 0.15) is 50.3 Å². The van der Waals surface area contributed by atoms with Crippen LogP contribution in [-0.2, 0) is 15.8 Å². The van der Waals surface area contributed by atoms with E-state index in [1.807, 2.05) is 68.4 Å². The second-order valence-corrected chi connectivity index (χ2v) is 7.69. The number of unbranched alkanes of at least 4 members (excludes halogenated alkanes) is 1. The first-order chi connectivity index (χ1) is 12.0. The molecule has 0 saturated heterocycles. The molecule has 25 heavy (non-hydrogen) atoms. The second-order valence-electron chi connectivity index (χ2n) is 6.45. The number of hydrogen-bond donors (Lipinski definition) is 1. The molecule has 2 rings (SSSR count). The Hall–Kier alpha value is -1.78. The van der Waals surface area contributed by atoms with Gasteiger partial charge in [-0.2, -0.15) is 0 Å². The van der Waals surface area contributed by atoms with Gasteiger partial charge in [0.25, 0.3) is 0 Å². The Balaban J connectivity index is 2.21. The minimum Gasteiger partial charge on any atom is -0.299 e. The summed E-state index contributed by atoms with van der Waals surface area (Å²) in [5.74, 6) is -0.0209. The fraction of sp³-hybridized carbons (Fsp3) is 0.381. The van der Waals surface area contributed by atoms with Crippen LogP contribution < -0.4 is 4.72 Å². The van der Waals surface area contributed by atoms with Gasteiger partial charge in [-0.3, -0.25) is 4.79 Å². The van der Waals surface area contributed by atoms with Crippen molar-refractivity contribution in [3.8, 4) is 0 Å². The summed E-state index contributed by atoms with van der Waals surface area (Å²) >= 11 is 0. The summed E-state index contributed by atoms with van der Waals surface area (Å²) in [6.45, 7) is 6.01. The lowest BCUT2D eigenvalue weighted by atomic mass is 9.90. The Morgan fingerprint density at radius 1 is 1.08 bits per heavy atom. The van der Waals surface area contributed by atoms with Crippen molar-refractivity contribution < 1.29 is 9.00 Å². The minimum atomic E-state index is -1.37. The molecule has 0 fully saturated rings. The van der Waals surface area contributed by atoms with Gasteiger partial charge < -0.3 is 0 Å². The highest BCUT2D eigenvalue weighted by Gasteiger charge is 2.26. The maximum atomic E-state index is 12.8. The van der Waals surface area contributed by atoms with E-state index in [2.05, 4.69) is 11.6 Å². The lowest BCUT2D eigenvalue weighted by molar-refractivity contribution is -0.123. The standard InChI is InChI=1S/C21H27NO2S/c1-4-5-11-20(23)17(3)21(18-9-7-6-8-10-18)22-25(24)19-14-12-16(2)13-15-19/h6-10,12-15,17,21-22H,4-5,11H2,1-3H3/t17-,21-,25+/m1/s1. The Bertz CT molecular complexity index is 698.